The molecule has 1 N–H and O–H groups in total. The van der Waals surface area contributed by atoms with E-state index in [0.717, 1.165) is 17.4 Å². The van der Waals surface area contributed by atoms with Crippen LogP contribution < -0.4 is 5.32 Å². The Hall–Kier alpha value is -3.45. The van der Waals surface area contributed by atoms with E-state index in [-0.39, 0.29) is 17.0 Å². The SMILES string of the molecule is Cc1nc(-c2cnn(C)c2)sc1C(=O)C(C#N)C(=O)NCc1ccc(F)cc1F. The second kappa shape index (κ2) is 8.28. The van der Waals surface area contributed by atoms with Crippen LogP contribution in [0.15, 0.2) is 30.6 Å². The minimum Gasteiger partial charge on any atom is -0.350 e. The third kappa shape index (κ3) is 4.35. The van der Waals surface area contributed by atoms with Gasteiger partial charge in [0, 0.05) is 37.0 Å². The maximum atomic E-state index is 13.7. The van der Waals surface area contributed by atoms with Gasteiger partial charge in [0.2, 0.25) is 11.7 Å². The summed E-state index contributed by atoms with van der Waals surface area (Å²) >= 11 is 1.07. The van der Waals surface area contributed by atoms with Crippen LogP contribution in [0, 0.1) is 35.8 Å². The number of aryl methyl sites for hydroxylation is 2. The standard InChI is InChI=1S/C19H15F2N5O2S/c1-10-17(29-19(25-10)12-8-24-26(2)9-12)16(27)14(6-22)18(28)23-7-11-3-4-13(20)5-15(11)21/h3-5,8-9,14H,7H2,1-2H3,(H,23,28). The third-order valence-corrected chi connectivity index (χ3v) is 5.31. The molecule has 2 aromatic heterocycles. The molecule has 3 rings (SSSR count). The maximum absolute atomic E-state index is 13.7. The summed E-state index contributed by atoms with van der Waals surface area (Å²) in [6, 6.07) is 4.61. The molecule has 1 amide bonds. The fraction of sp³-hybridized carbons (Fsp3) is 0.211. The van der Waals surface area contributed by atoms with Crippen LogP contribution in [0.25, 0.3) is 10.6 Å². The number of ketones is 1. The number of halogens is 2. The third-order valence-electron chi connectivity index (χ3n) is 4.09. The molecule has 2 heterocycles. The second-order valence-corrected chi connectivity index (χ2v) is 7.22. The molecule has 0 aliphatic carbocycles. The predicted molar refractivity (Wildman–Crippen MR) is 101 cm³/mol. The molecule has 0 spiro atoms. The number of benzene rings is 1. The quantitative estimate of drug-likeness (QED) is 0.493. The Labute approximate surface area is 168 Å². The minimum absolute atomic E-state index is 0.0386. The number of nitrogens with zero attached hydrogens (tertiary/aromatic N) is 4. The van der Waals surface area contributed by atoms with Gasteiger partial charge in [0.05, 0.1) is 22.8 Å². The van der Waals surface area contributed by atoms with Crippen molar-refractivity contribution in [2.24, 2.45) is 13.0 Å². The van der Waals surface area contributed by atoms with Crippen LogP contribution in [0.1, 0.15) is 20.9 Å². The zero-order valence-corrected chi connectivity index (χ0v) is 16.3. The molecule has 148 valence electrons. The van der Waals surface area contributed by atoms with Gasteiger partial charge in [-0.1, -0.05) is 6.07 Å². The zero-order chi connectivity index (χ0) is 21.1. The van der Waals surface area contributed by atoms with Gasteiger partial charge in [-0.15, -0.1) is 11.3 Å². The second-order valence-electron chi connectivity index (χ2n) is 6.22. The van der Waals surface area contributed by atoms with E-state index >= 15 is 0 Å². The molecule has 10 heteroatoms. The number of hydrogen-bond acceptors (Lipinski definition) is 6. The predicted octanol–water partition coefficient (Wildman–Crippen LogP) is 2.77. The first kappa shape index (κ1) is 20.3. The Morgan fingerprint density at radius 2 is 2.14 bits per heavy atom. The van der Waals surface area contributed by atoms with Gasteiger partial charge in [0.15, 0.2) is 5.92 Å². The molecule has 0 saturated carbocycles. The first-order valence-electron chi connectivity index (χ1n) is 8.42. The maximum Gasteiger partial charge on any atom is 0.245 e. The Morgan fingerprint density at radius 3 is 2.76 bits per heavy atom. The van der Waals surface area contributed by atoms with Crippen LogP contribution >= 0.6 is 11.3 Å². The van der Waals surface area contributed by atoms with E-state index in [0.29, 0.717) is 22.3 Å². The molecular weight excluding hydrogens is 400 g/mol. The van der Waals surface area contributed by atoms with Crippen molar-refractivity contribution in [3.63, 3.8) is 0 Å². The van der Waals surface area contributed by atoms with Crippen LogP contribution in [-0.4, -0.2) is 26.5 Å². The van der Waals surface area contributed by atoms with Crippen molar-refractivity contribution in [2.45, 2.75) is 13.5 Å². The van der Waals surface area contributed by atoms with Crippen molar-refractivity contribution in [1.29, 1.82) is 5.26 Å². The first-order chi connectivity index (χ1) is 13.8. The van der Waals surface area contributed by atoms with Gasteiger partial charge in [-0.05, 0) is 13.0 Å². The number of carbonyl (C=O) groups is 2. The number of carbonyl (C=O) groups excluding carboxylic acids is 2. The first-order valence-corrected chi connectivity index (χ1v) is 9.23. The summed E-state index contributed by atoms with van der Waals surface area (Å²) in [7, 11) is 1.75. The van der Waals surface area contributed by atoms with E-state index in [1.165, 1.54) is 6.07 Å². The van der Waals surface area contributed by atoms with Gasteiger partial charge in [-0.2, -0.15) is 10.4 Å². The number of hydrogen-bond donors (Lipinski definition) is 1. The average molecular weight is 415 g/mol. The summed E-state index contributed by atoms with van der Waals surface area (Å²) in [4.78, 5) is 29.6. The van der Waals surface area contributed by atoms with Gasteiger partial charge in [-0.3, -0.25) is 14.3 Å². The topological polar surface area (TPSA) is 101 Å². The van der Waals surface area contributed by atoms with Crippen molar-refractivity contribution >= 4 is 23.0 Å². The Bertz CT molecular complexity index is 1130. The van der Waals surface area contributed by atoms with E-state index in [4.69, 9.17) is 0 Å². The highest BCUT2D eigenvalue weighted by Crippen LogP contribution is 2.29. The summed E-state index contributed by atoms with van der Waals surface area (Å²) in [5, 5.41) is 16.3. The molecule has 0 aliphatic rings. The summed E-state index contributed by atoms with van der Waals surface area (Å²) < 4.78 is 28.2. The van der Waals surface area contributed by atoms with Gasteiger partial charge < -0.3 is 5.32 Å². The normalized spacial score (nSPS) is 11.7. The van der Waals surface area contributed by atoms with Crippen molar-refractivity contribution in [2.75, 3.05) is 0 Å². The van der Waals surface area contributed by atoms with Crippen LogP contribution in [0.2, 0.25) is 0 Å². The highest BCUT2D eigenvalue weighted by Gasteiger charge is 2.31. The number of aromatic nitrogens is 3. The van der Waals surface area contributed by atoms with Crippen LogP contribution in [-0.2, 0) is 18.4 Å². The number of rotatable bonds is 6. The van der Waals surface area contributed by atoms with E-state index in [9.17, 15) is 23.6 Å². The Kier molecular flexibility index (Phi) is 5.79. The lowest BCUT2D eigenvalue weighted by Crippen LogP contribution is -2.34. The van der Waals surface area contributed by atoms with E-state index in [1.54, 1.807) is 37.1 Å². The Balaban J connectivity index is 1.75. The van der Waals surface area contributed by atoms with E-state index in [1.807, 2.05) is 0 Å². The molecular formula is C19H15F2N5O2S. The largest absolute Gasteiger partial charge is 0.350 e. The number of nitriles is 1. The van der Waals surface area contributed by atoms with Crippen molar-refractivity contribution < 1.29 is 18.4 Å². The highest BCUT2D eigenvalue weighted by molar-refractivity contribution is 7.17. The van der Waals surface area contributed by atoms with Crippen molar-refractivity contribution in [3.05, 3.63) is 58.4 Å². The van der Waals surface area contributed by atoms with Crippen molar-refractivity contribution in [1.82, 2.24) is 20.1 Å². The Morgan fingerprint density at radius 1 is 1.38 bits per heavy atom. The molecule has 1 atom stereocenters. The zero-order valence-electron chi connectivity index (χ0n) is 15.4. The molecule has 0 saturated heterocycles. The molecule has 1 aromatic carbocycles. The summed E-state index contributed by atoms with van der Waals surface area (Å²) in [5.74, 6) is -4.73. The smallest absolute Gasteiger partial charge is 0.245 e. The molecule has 0 fully saturated rings. The lowest BCUT2D eigenvalue weighted by Gasteiger charge is -2.09. The number of nitrogens with one attached hydrogen (secondary N) is 1. The van der Waals surface area contributed by atoms with Gasteiger partial charge in [0.25, 0.3) is 0 Å². The summed E-state index contributed by atoms with van der Waals surface area (Å²) in [5.41, 5.74) is 1.15. The number of thiazole rings is 1. The fourth-order valence-corrected chi connectivity index (χ4v) is 3.61. The molecule has 0 aliphatic heterocycles. The minimum atomic E-state index is -1.61. The van der Waals surface area contributed by atoms with Gasteiger partial charge in [0.1, 0.15) is 16.6 Å². The van der Waals surface area contributed by atoms with E-state index in [2.05, 4.69) is 15.4 Å². The van der Waals surface area contributed by atoms with Crippen LogP contribution in [0.5, 0.6) is 0 Å². The van der Waals surface area contributed by atoms with Gasteiger partial charge >= 0.3 is 0 Å². The van der Waals surface area contributed by atoms with Gasteiger partial charge in [-0.25, -0.2) is 13.8 Å². The van der Waals surface area contributed by atoms with Crippen molar-refractivity contribution in [3.8, 4) is 16.6 Å². The lowest BCUT2D eigenvalue weighted by atomic mass is 10.0. The summed E-state index contributed by atoms with van der Waals surface area (Å²) in [6.45, 7) is 1.34. The molecule has 1 unspecified atom stereocenters. The van der Waals surface area contributed by atoms with Crippen LogP contribution in [0.4, 0.5) is 8.78 Å². The number of Topliss-reactive ketones (excluding diaryl/α,β-unsaturated/α-hetero) is 1. The summed E-state index contributed by atoms with van der Waals surface area (Å²) in [6.07, 6.45) is 3.33. The van der Waals surface area contributed by atoms with Crippen LogP contribution in [0.3, 0.4) is 0 Å². The monoisotopic (exact) mass is 415 g/mol. The molecule has 7 nitrogen and oxygen atoms in total. The fourth-order valence-electron chi connectivity index (χ4n) is 2.60. The molecule has 3 aromatic rings. The number of amides is 1. The molecule has 0 radical (unpaired) electrons. The van der Waals surface area contributed by atoms with E-state index < -0.39 is 29.2 Å². The lowest BCUT2D eigenvalue weighted by molar-refractivity contribution is -0.122. The molecule has 29 heavy (non-hydrogen) atoms. The highest BCUT2D eigenvalue weighted by atomic mass is 32.1. The molecule has 0 bridgehead atoms. The average Bonchev–Trinajstić information content (AvgIpc) is 3.27.